The number of thiazole rings is 1. The Hall–Kier alpha value is -3.70. The Morgan fingerprint density at radius 1 is 1.15 bits per heavy atom. The number of ether oxygens (including phenoxy) is 1. The maximum Gasteiger partial charge on any atom is 0.336 e. The molecule has 1 amide bonds. The molecule has 0 radical (unpaired) electrons. The van der Waals surface area contributed by atoms with Crippen LogP contribution in [0.2, 0.25) is 0 Å². The average Bonchev–Trinajstić information content (AvgIpc) is 3.41. The van der Waals surface area contributed by atoms with Crippen molar-refractivity contribution in [2.24, 2.45) is 0 Å². The van der Waals surface area contributed by atoms with E-state index in [1.165, 1.54) is 52.8 Å². The van der Waals surface area contributed by atoms with Gasteiger partial charge in [-0.25, -0.2) is 18.2 Å². The molecule has 1 atom stereocenters. The Labute approximate surface area is 201 Å². The summed E-state index contributed by atoms with van der Waals surface area (Å²) in [6.07, 6.45) is 3.03. The molecule has 3 aromatic rings. The summed E-state index contributed by atoms with van der Waals surface area (Å²) in [5, 5.41) is 4.94. The molecule has 0 saturated carbocycles. The fraction of sp³-hybridized carbons (Fsp3) is 0.174. The van der Waals surface area contributed by atoms with E-state index >= 15 is 0 Å². The van der Waals surface area contributed by atoms with Crippen molar-refractivity contribution in [3.8, 4) is 0 Å². The van der Waals surface area contributed by atoms with Crippen molar-refractivity contribution in [1.82, 2.24) is 4.98 Å². The summed E-state index contributed by atoms with van der Waals surface area (Å²) < 4.78 is 32.7. The zero-order valence-electron chi connectivity index (χ0n) is 18.4. The first-order valence-corrected chi connectivity index (χ1v) is 12.7. The van der Waals surface area contributed by atoms with Crippen molar-refractivity contribution in [3.05, 3.63) is 77.9 Å². The maximum absolute atomic E-state index is 13.3. The first kappa shape index (κ1) is 23.5. The molecule has 0 spiro atoms. The Bertz CT molecular complexity index is 1320. The minimum absolute atomic E-state index is 0.0438. The van der Waals surface area contributed by atoms with E-state index in [0.29, 0.717) is 11.4 Å². The number of esters is 1. The van der Waals surface area contributed by atoms with Crippen molar-refractivity contribution in [3.63, 3.8) is 0 Å². The van der Waals surface area contributed by atoms with E-state index in [1.807, 2.05) is 6.07 Å². The van der Waals surface area contributed by atoms with Crippen molar-refractivity contribution in [1.29, 1.82) is 0 Å². The highest BCUT2D eigenvalue weighted by Gasteiger charge is 2.49. The van der Waals surface area contributed by atoms with Gasteiger partial charge in [0, 0.05) is 23.0 Å². The maximum atomic E-state index is 13.3. The van der Waals surface area contributed by atoms with Gasteiger partial charge in [0.05, 0.1) is 11.5 Å². The van der Waals surface area contributed by atoms with Gasteiger partial charge < -0.3 is 10.1 Å². The second-order valence-corrected chi connectivity index (χ2v) is 10.1. The Balaban J connectivity index is 1.59. The van der Waals surface area contributed by atoms with Crippen LogP contribution in [0.1, 0.15) is 13.8 Å². The van der Waals surface area contributed by atoms with E-state index in [-0.39, 0.29) is 22.3 Å². The van der Waals surface area contributed by atoms with Gasteiger partial charge in [0.15, 0.2) is 10.7 Å². The number of carbonyl (C=O) groups excluding carboxylic acids is 2. The average molecular weight is 499 g/mol. The van der Waals surface area contributed by atoms with Gasteiger partial charge in [-0.15, -0.1) is 11.3 Å². The number of hydrogen-bond donors (Lipinski definition) is 2. The SMILES string of the molecule is CCOC(=O)[C@@]1(C)C=C(Nc2ccc(S(=O)(=O)Nc3nccs3)cc2)C(=O)N1c1ccccc1. The third-order valence-electron chi connectivity index (χ3n) is 5.12. The smallest absolute Gasteiger partial charge is 0.336 e. The predicted octanol–water partition coefficient (Wildman–Crippen LogP) is 3.61. The monoisotopic (exact) mass is 498 g/mol. The zero-order valence-corrected chi connectivity index (χ0v) is 20.0. The molecule has 2 aromatic carbocycles. The van der Waals surface area contributed by atoms with Gasteiger partial charge in [0.2, 0.25) is 0 Å². The van der Waals surface area contributed by atoms with Gasteiger partial charge in [-0.05, 0) is 56.3 Å². The summed E-state index contributed by atoms with van der Waals surface area (Å²) in [4.78, 5) is 31.5. The largest absolute Gasteiger partial charge is 0.464 e. The number of anilines is 3. The van der Waals surface area contributed by atoms with Crippen LogP contribution >= 0.6 is 11.3 Å². The summed E-state index contributed by atoms with van der Waals surface area (Å²) in [5.41, 5.74) is -0.145. The third kappa shape index (κ3) is 4.52. The van der Waals surface area contributed by atoms with Crippen LogP contribution in [0.4, 0.5) is 16.5 Å². The number of amides is 1. The highest BCUT2D eigenvalue weighted by atomic mass is 32.2. The second kappa shape index (κ2) is 9.27. The normalized spacial score (nSPS) is 17.9. The first-order valence-electron chi connectivity index (χ1n) is 10.3. The van der Waals surface area contributed by atoms with Crippen LogP contribution in [-0.2, 0) is 24.3 Å². The van der Waals surface area contributed by atoms with E-state index < -0.39 is 27.4 Å². The fourth-order valence-electron chi connectivity index (χ4n) is 3.54. The molecule has 176 valence electrons. The molecule has 1 aliphatic heterocycles. The Morgan fingerprint density at radius 2 is 1.85 bits per heavy atom. The van der Waals surface area contributed by atoms with E-state index in [4.69, 9.17) is 4.74 Å². The lowest BCUT2D eigenvalue weighted by Gasteiger charge is -2.32. The lowest BCUT2D eigenvalue weighted by molar-refractivity contribution is -0.147. The zero-order chi connectivity index (χ0) is 24.3. The molecule has 0 fully saturated rings. The van der Waals surface area contributed by atoms with Crippen LogP contribution in [0, 0.1) is 0 Å². The number of hydrogen-bond acceptors (Lipinski definition) is 8. The van der Waals surface area contributed by atoms with Gasteiger partial charge >= 0.3 is 5.97 Å². The minimum Gasteiger partial charge on any atom is -0.464 e. The quantitative estimate of drug-likeness (QED) is 0.456. The van der Waals surface area contributed by atoms with Crippen LogP contribution in [0.15, 0.2) is 82.8 Å². The van der Waals surface area contributed by atoms with Crippen LogP contribution in [0.5, 0.6) is 0 Å². The number of benzene rings is 2. The van der Waals surface area contributed by atoms with E-state index in [2.05, 4.69) is 15.0 Å². The van der Waals surface area contributed by atoms with Gasteiger partial charge in [-0.2, -0.15) is 0 Å². The lowest BCUT2D eigenvalue weighted by Crippen LogP contribution is -2.51. The van der Waals surface area contributed by atoms with Crippen LogP contribution < -0.4 is 14.9 Å². The molecule has 34 heavy (non-hydrogen) atoms. The Kier molecular flexibility index (Phi) is 6.40. The van der Waals surface area contributed by atoms with Crippen molar-refractivity contribution in [2.75, 3.05) is 21.5 Å². The molecule has 9 nitrogen and oxygen atoms in total. The number of nitrogens with zero attached hydrogens (tertiary/aromatic N) is 2. The molecule has 0 bridgehead atoms. The van der Waals surface area contributed by atoms with Crippen LogP contribution in [-0.4, -0.2) is 37.4 Å². The highest BCUT2D eigenvalue weighted by Crippen LogP contribution is 2.35. The number of carbonyl (C=O) groups is 2. The molecule has 2 N–H and O–H groups in total. The summed E-state index contributed by atoms with van der Waals surface area (Å²) in [5.74, 6) is -0.970. The van der Waals surface area contributed by atoms with Gasteiger partial charge in [-0.1, -0.05) is 18.2 Å². The summed E-state index contributed by atoms with van der Waals surface area (Å²) >= 11 is 1.17. The highest BCUT2D eigenvalue weighted by molar-refractivity contribution is 7.93. The Morgan fingerprint density at radius 3 is 2.47 bits per heavy atom. The lowest BCUT2D eigenvalue weighted by atomic mass is 10.0. The molecule has 0 saturated heterocycles. The van der Waals surface area contributed by atoms with E-state index in [1.54, 1.807) is 43.5 Å². The fourth-order valence-corrected chi connectivity index (χ4v) is 5.33. The summed E-state index contributed by atoms with van der Waals surface area (Å²) in [7, 11) is -3.80. The number of aromatic nitrogens is 1. The van der Waals surface area contributed by atoms with Gasteiger partial charge in [-0.3, -0.25) is 14.4 Å². The number of nitrogens with one attached hydrogen (secondary N) is 2. The van der Waals surface area contributed by atoms with Crippen molar-refractivity contribution in [2.45, 2.75) is 24.3 Å². The van der Waals surface area contributed by atoms with E-state index in [9.17, 15) is 18.0 Å². The topological polar surface area (TPSA) is 118 Å². The molecule has 0 aliphatic carbocycles. The molecule has 11 heteroatoms. The van der Waals surface area contributed by atoms with Crippen LogP contribution in [0.3, 0.4) is 0 Å². The van der Waals surface area contributed by atoms with Crippen molar-refractivity contribution >= 4 is 49.7 Å². The molecule has 1 aromatic heterocycles. The van der Waals surface area contributed by atoms with Crippen LogP contribution in [0.25, 0.3) is 0 Å². The standard InChI is InChI=1S/C23H22N4O5S2/c1-3-32-21(29)23(2)15-19(20(28)27(23)17-7-5-4-6-8-17)25-16-9-11-18(12-10-16)34(30,31)26-22-24-13-14-33-22/h4-15,25H,3H2,1-2H3,(H,24,26)/t23-/m1/s1. The first-order chi connectivity index (χ1) is 16.2. The van der Waals surface area contributed by atoms with Gasteiger partial charge in [0.25, 0.3) is 15.9 Å². The molecular formula is C23H22N4O5S2. The third-order valence-corrected chi connectivity index (χ3v) is 7.30. The van der Waals surface area contributed by atoms with E-state index in [0.717, 1.165) is 0 Å². The van der Waals surface area contributed by atoms with Crippen molar-refractivity contribution < 1.29 is 22.7 Å². The number of rotatable bonds is 8. The molecular weight excluding hydrogens is 476 g/mol. The number of para-hydroxylation sites is 1. The molecule has 2 heterocycles. The summed E-state index contributed by atoms with van der Waals surface area (Å²) in [6, 6.07) is 14.8. The second-order valence-electron chi connectivity index (χ2n) is 7.49. The van der Waals surface area contributed by atoms with Gasteiger partial charge in [0.1, 0.15) is 5.70 Å². The predicted molar refractivity (Wildman–Crippen MR) is 130 cm³/mol. The minimum atomic E-state index is -3.80. The summed E-state index contributed by atoms with van der Waals surface area (Å²) in [6.45, 7) is 3.49. The molecule has 1 aliphatic rings. The number of sulfonamides is 1. The molecule has 0 unspecified atom stereocenters. The molecule has 4 rings (SSSR count).